The summed E-state index contributed by atoms with van der Waals surface area (Å²) in [4.78, 5) is 12.2. The molecule has 1 fully saturated rings. The van der Waals surface area contributed by atoms with Crippen molar-refractivity contribution in [3.63, 3.8) is 0 Å². The number of nitrogens with zero attached hydrogens (tertiary/aromatic N) is 1. The molecule has 130 valence electrons. The van der Waals surface area contributed by atoms with Crippen LogP contribution in [-0.4, -0.2) is 25.2 Å². The highest BCUT2D eigenvalue weighted by Crippen LogP contribution is 2.27. The number of rotatable bonds is 7. The first kappa shape index (κ1) is 18.3. The second-order valence-electron chi connectivity index (χ2n) is 6.46. The largest absolute Gasteiger partial charge is 0.383 e. The summed E-state index contributed by atoms with van der Waals surface area (Å²) in [5.74, 6) is 0.331. The van der Waals surface area contributed by atoms with Gasteiger partial charge in [-0.15, -0.1) is 0 Å². The number of anilines is 2. The molecule has 1 amide bonds. The summed E-state index contributed by atoms with van der Waals surface area (Å²) >= 11 is 0. The molecule has 0 aliphatic heterocycles. The van der Waals surface area contributed by atoms with Crippen molar-refractivity contribution >= 4 is 17.3 Å². The lowest BCUT2D eigenvalue weighted by Gasteiger charge is -2.28. The summed E-state index contributed by atoms with van der Waals surface area (Å²) in [6.07, 6.45) is 5.78. The molecule has 0 spiro atoms. The number of nitriles is 1. The van der Waals surface area contributed by atoms with Gasteiger partial charge in [0.2, 0.25) is 5.91 Å². The fourth-order valence-corrected chi connectivity index (χ4v) is 3.03. The topological polar surface area (TPSA) is 74.2 Å². The van der Waals surface area contributed by atoms with Gasteiger partial charge < -0.3 is 15.4 Å². The lowest BCUT2D eigenvalue weighted by Crippen LogP contribution is -2.30. The van der Waals surface area contributed by atoms with Crippen LogP contribution in [-0.2, 0) is 9.53 Å². The number of benzene rings is 1. The quantitative estimate of drug-likeness (QED) is 0.795. The van der Waals surface area contributed by atoms with E-state index in [1.807, 2.05) is 6.07 Å². The molecule has 2 rings (SSSR count). The molecule has 5 heteroatoms. The third-order valence-electron chi connectivity index (χ3n) is 4.45. The zero-order valence-corrected chi connectivity index (χ0v) is 14.6. The number of amides is 1. The molecule has 1 saturated carbocycles. The molecule has 0 bridgehead atoms. The Hall–Kier alpha value is -2.06. The maximum Gasteiger partial charge on any atom is 0.250 e. The Morgan fingerprint density at radius 3 is 2.83 bits per heavy atom. The van der Waals surface area contributed by atoms with Crippen LogP contribution in [0.15, 0.2) is 18.2 Å². The van der Waals surface area contributed by atoms with Gasteiger partial charge in [-0.05, 0) is 43.4 Å². The molecule has 24 heavy (non-hydrogen) atoms. The SMILES string of the molecule is CCCNc1ccc(C#N)cc1NC(=O)CO[C@H]1CCCC[C@H]1C. The van der Waals surface area contributed by atoms with Crippen molar-refractivity contribution in [2.24, 2.45) is 5.92 Å². The molecule has 1 aliphatic rings. The van der Waals surface area contributed by atoms with E-state index in [4.69, 9.17) is 10.00 Å². The van der Waals surface area contributed by atoms with Gasteiger partial charge in [0.05, 0.1) is 29.1 Å². The second kappa shape index (κ2) is 9.29. The molecule has 1 aromatic rings. The molecule has 5 nitrogen and oxygen atoms in total. The summed E-state index contributed by atoms with van der Waals surface area (Å²) in [6.45, 7) is 5.13. The van der Waals surface area contributed by atoms with Crippen molar-refractivity contribution in [1.29, 1.82) is 5.26 Å². The zero-order valence-electron chi connectivity index (χ0n) is 14.6. The van der Waals surface area contributed by atoms with Crippen LogP contribution in [0.25, 0.3) is 0 Å². The van der Waals surface area contributed by atoms with Gasteiger partial charge in [-0.2, -0.15) is 5.26 Å². The lowest BCUT2D eigenvalue weighted by molar-refractivity contribution is -0.124. The average molecular weight is 329 g/mol. The molecule has 2 N–H and O–H groups in total. The predicted molar refractivity (Wildman–Crippen MR) is 95.9 cm³/mol. The zero-order chi connectivity index (χ0) is 17.4. The van der Waals surface area contributed by atoms with Crippen LogP contribution in [0.3, 0.4) is 0 Å². The number of carbonyl (C=O) groups is 1. The highest BCUT2D eigenvalue weighted by molar-refractivity contribution is 5.95. The first-order valence-corrected chi connectivity index (χ1v) is 8.83. The first-order chi connectivity index (χ1) is 11.6. The van der Waals surface area contributed by atoms with Crippen LogP contribution in [0.5, 0.6) is 0 Å². The molecule has 1 aliphatic carbocycles. The van der Waals surface area contributed by atoms with Gasteiger partial charge >= 0.3 is 0 Å². The van der Waals surface area contributed by atoms with E-state index in [1.165, 1.54) is 19.3 Å². The highest BCUT2D eigenvalue weighted by Gasteiger charge is 2.22. The maximum atomic E-state index is 12.2. The number of ether oxygens (including phenoxy) is 1. The van der Waals surface area contributed by atoms with Crippen LogP contribution < -0.4 is 10.6 Å². The standard InChI is InChI=1S/C19H27N3O2/c1-3-10-21-16-9-8-15(12-20)11-17(16)22-19(23)13-24-18-7-5-4-6-14(18)2/h8-9,11,14,18,21H,3-7,10,13H2,1-2H3,(H,22,23)/t14-,18+/m1/s1. The molecule has 0 unspecified atom stereocenters. The minimum atomic E-state index is -0.178. The van der Waals surface area contributed by atoms with Crippen molar-refractivity contribution in [2.75, 3.05) is 23.8 Å². The van der Waals surface area contributed by atoms with E-state index in [-0.39, 0.29) is 18.6 Å². The van der Waals surface area contributed by atoms with E-state index < -0.39 is 0 Å². The third kappa shape index (κ3) is 5.24. The fourth-order valence-electron chi connectivity index (χ4n) is 3.03. The van der Waals surface area contributed by atoms with E-state index in [1.54, 1.807) is 12.1 Å². The maximum absolute atomic E-state index is 12.2. The van der Waals surface area contributed by atoms with Crippen LogP contribution in [0.1, 0.15) is 51.5 Å². The van der Waals surface area contributed by atoms with E-state index >= 15 is 0 Å². The Labute approximate surface area is 144 Å². The molecule has 0 saturated heterocycles. The van der Waals surface area contributed by atoms with Gasteiger partial charge in [-0.25, -0.2) is 0 Å². The minimum absolute atomic E-state index is 0.0546. The monoisotopic (exact) mass is 329 g/mol. The summed E-state index contributed by atoms with van der Waals surface area (Å²) in [7, 11) is 0. The van der Waals surface area contributed by atoms with Gasteiger partial charge in [0.1, 0.15) is 6.61 Å². The molecule has 0 radical (unpaired) electrons. The number of hydrogen-bond acceptors (Lipinski definition) is 4. The molecule has 0 aromatic heterocycles. The van der Waals surface area contributed by atoms with E-state index in [0.717, 1.165) is 25.1 Å². The van der Waals surface area contributed by atoms with Gasteiger partial charge in [0, 0.05) is 6.54 Å². The number of hydrogen-bond donors (Lipinski definition) is 2. The molecular formula is C19H27N3O2. The fraction of sp³-hybridized carbons (Fsp3) is 0.579. The average Bonchev–Trinajstić information content (AvgIpc) is 2.60. The lowest BCUT2D eigenvalue weighted by atomic mass is 9.88. The molecule has 1 aromatic carbocycles. The van der Waals surface area contributed by atoms with Crippen molar-refractivity contribution in [3.05, 3.63) is 23.8 Å². The molecule has 0 heterocycles. The Bertz CT molecular complexity index is 595. The van der Waals surface area contributed by atoms with Crippen LogP contribution in [0.2, 0.25) is 0 Å². The van der Waals surface area contributed by atoms with Crippen molar-refractivity contribution < 1.29 is 9.53 Å². The van der Waals surface area contributed by atoms with Gasteiger partial charge in [-0.3, -0.25) is 4.79 Å². The van der Waals surface area contributed by atoms with Gasteiger partial charge in [0.15, 0.2) is 0 Å². The van der Waals surface area contributed by atoms with Crippen molar-refractivity contribution in [3.8, 4) is 6.07 Å². The van der Waals surface area contributed by atoms with Crippen LogP contribution in [0, 0.1) is 17.2 Å². The Balaban J connectivity index is 1.95. The van der Waals surface area contributed by atoms with Crippen molar-refractivity contribution in [2.45, 2.75) is 52.1 Å². The summed E-state index contributed by atoms with van der Waals surface area (Å²) in [6, 6.07) is 7.37. The van der Waals surface area contributed by atoms with E-state index in [9.17, 15) is 4.79 Å². The minimum Gasteiger partial charge on any atom is -0.383 e. The Kier molecular flexibility index (Phi) is 7.07. The number of nitrogens with one attached hydrogen (secondary N) is 2. The van der Waals surface area contributed by atoms with Gasteiger partial charge in [0.25, 0.3) is 0 Å². The predicted octanol–water partition coefficient (Wildman–Crippen LogP) is 3.91. The first-order valence-electron chi connectivity index (χ1n) is 8.83. The van der Waals surface area contributed by atoms with Crippen molar-refractivity contribution in [1.82, 2.24) is 0 Å². The van der Waals surface area contributed by atoms with Gasteiger partial charge in [-0.1, -0.05) is 26.7 Å². The normalized spacial score (nSPS) is 20.2. The van der Waals surface area contributed by atoms with E-state index in [2.05, 4.69) is 30.6 Å². The molecule has 2 atom stereocenters. The second-order valence-corrected chi connectivity index (χ2v) is 6.46. The van der Waals surface area contributed by atoms with Crippen LogP contribution in [0.4, 0.5) is 11.4 Å². The number of carbonyl (C=O) groups excluding carboxylic acids is 1. The third-order valence-corrected chi connectivity index (χ3v) is 4.45. The Morgan fingerprint density at radius 2 is 2.12 bits per heavy atom. The Morgan fingerprint density at radius 1 is 1.33 bits per heavy atom. The van der Waals surface area contributed by atoms with E-state index in [0.29, 0.717) is 17.2 Å². The summed E-state index contributed by atoms with van der Waals surface area (Å²) in [5.41, 5.74) is 1.98. The summed E-state index contributed by atoms with van der Waals surface area (Å²) in [5, 5.41) is 15.2. The highest BCUT2D eigenvalue weighted by atomic mass is 16.5. The van der Waals surface area contributed by atoms with Crippen LogP contribution >= 0.6 is 0 Å². The molecular weight excluding hydrogens is 302 g/mol. The smallest absolute Gasteiger partial charge is 0.250 e. The summed E-state index contributed by atoms with van der Waals surface area (Å²) < 4.78 is 5.81.